The van der Waals surface area contributed by atoms with Crippen molar-refractivity contribution < 1.29 is 24.2 Å². The summed E-state index contributed by atoms with van der Waals surface area (Å²) < 4.78 is 5.60. The zero-order chi connectivity index (χ0) is 25.8. The minimum atomic E-state index is -1.40. The molecule has 10 heteroatoms. The predicted octanol–water partition coefficient (Wildman–Crippen LogP) is 2.87. The van der Waals surface area contributed by atoms with Crippen molar-refractivity contribution in [2.45, 2.75) is 49.7 Å². The van der Waals surface area contributed by atoms with E-state index in [2.05, 4.69) is 5.32 Å². The third-order valence-corrected chi connectivity index (χ3v) is 8.25. The molecule has 1 aromatic carbocycles. The van der Waals surface area contributed by atoms with Crippen molar-refractivity contribution >= 4 is 51.2 Å². The summed E-state index contributed by atoms with van der Waals surface area (Å²) >= 11 is 1.90. The molecule has 1 amide bonds. The van der Waals surface area contributed by atoms with Crippen molar-refractivity contribution in [1.82, 2.24) is 14.9 Å². The van der Waals surface area contributed by atoms with Gasteiger partial charge in [0, 0.05) is 23.8 Å². The quantitative estimate of drug-likeness (QED) is 0.198. The molecule has 3 aromatic rings. The molecule has 5 rings (SSSR count). The van der Waals surface area contributed by atoms with Gasteiger partial charge in [0.05, 0.1) is 35.6 Å². The number of alkyl halides is 1. The van der Waals surface area contributed by atoms with Crippen LogP contribution >= 0.6 is 22.6 Å². The second-order valence-electron chi connectivity index (χ2n) is 9.01. The fourth-order valence-corrected chi connectivity index (χ4v) is 6.08. The maximum atomic E-state index is 13.6. The lowest BCUT2D eigenvalue weighted by Gasteiger charge is -2.32. The number of nitrogens with zero attached hydrogens (tertiary/aromatic N) is 2. The number of hydrogen-bond donors (Lipinski definition) is 2. The molecule has 0 radical (unpaired) electrons. The number of rotatable bonds is 6. The molecule has 0 spiro atoms. The number of cyclic esters (lactones) is 1. The van der Waals surface area contributed by atoms with Crippen LogP contribution in [0.3, 0.4) is 0 Å². The number of aryl methyl sites for hydroxylation is 1. The Morgan fingerprint density at radius 3 is 2.72 bits per heavy atom. The smallest absolute Gasteiger partial charge is 0.327 e. The van der Waals surface area contributed by atoms with E-state index in [1.54, 1.807) is 35.8 Å². The van der Waals surface area contributed by atoms with Crippen LogP contribution in [0.15, 0.2) is 29.1 Å². The molecule has 0 saturated heterocycles. The second kappa shape index (κ2) is 8.99. The third kappa shape index (κ3) is 3.78. The summed E-state index contributed by atoms with van der Waals surface area (Å²) in [6.45, 7) is 3.65. The standard InChI is InChI=1S/C26H24IN3O6/c1-3-15-16-7-13(31)5-6-20(16)29-23-17(15)11-30-21(23)8-19-18(24(30)34)12-36-25(35)26(19,27)9-14(32)10-28-22(33)4-2/h5-8,31H,3-4,9-12H2,1-2H3,(H,28,33)/t26-/m1/s1. The van der Waals surface area contributed by atoms with E-state index >= 15 is 0 Å². The topological polar surface area (TPSA) is 128 Å². The highest BCUT2D eigenvalue weighted by Crippen LogP contribution is 2.45. The maximum absolute atomic E-state index is 13.6. The monoisotopic (exact) mass is 601 g/mol. The average molecular weight is 601 g/mol. The van der Waals surface area contributed by atoms with Crippen LogP contribution in [0.2, 0.25) is 0 Å². The molecule has 0 aliphatic carbocycles. The number of benzene rings is 1. The van der Waals surface area contributed by atoms with Gasteiger partial charge in [-0.25, -0.2) is 4.98 Å². The van der Waals surface area contributed by atoms with Crippen LogP contribution in [0.1, 0.15) is 48.9 Å². The Labute approximate surface area is 220 Å². The summed E-state index contributed by atoms with van der Waals surface area (Å²) in [7, 11) is 0. The number of hydrogen-bond acceptors (Lipinski definition) is 7. The number of fused-ring (bicyclic) bond motifs is 5. The van der Waals surface area contributed by atoms with Crippen LogP contribution in [0.5, 0.6) is 5.75 Å². The molecule has 36 heavy (non-hydrogen) atoms. The SMILES string of the molecule is CCC(=O)NCC(=O)C[C@]1(I)C(=O)OCc2c1cc1n(c2=O)Cc2c-1nc1ccc(O)cc1c2CC. The first-order chi connectivity index (χ1) is 17.2. The summed E-state index contributed by atoms with van der Waals surface area (Å²) in [6.07, 6.45) is 0.712. The van der Waals surface area contributed by atoms with Crippen molar-refractivity contribution in [2.24, 2.45) is 0 Å². The predicted molar refractivity (Wildman–Crippen MR) is 140 cm³/mol. The number of halogens is 1. The Hall–Kier alpha value is -3.28. The first kappa shape index (κ1) is 24.4. The van der Waals surface area contributed by atoms with Crippen molar-refractivity contribution in [3.8, 4) is 17.1 Å². The van der Waals surface area contributed by atoms with Gasteiger partial charge in [0.1, 0.15) is 12.4 Å². The van der Waals surface area contributed by atoms with Gasteiger partial charge in [-0.05, 0) is 41.8 Å². The Morgan fingerprint density at radius 2 is 2.00 bits per heavy atom. The van der Waals surface area contributed by atoms with E-state index in [4.69, 9.17) is 9.72 Å². The number of phenolic OH excluding ortho intramolecular Hbond substituents is 1. The number of carbonyl (C=O) groups excluding carboxylic acids is 3. The molecule has 4 heterocycles. The number of esters is 1. The van der Waals surface area contributed by atoms with Crippen LogP contribution in [-0.4, -0.2) is 38.9 Å². The van der Waals surface area contributed by atoms with E-state index in [9.17, 15) is 24.3 Å². The first-order valence-corrected chi connectivity index (χ1v) is 12.8. The van der Waals surface area contributed by atoms with E-state index in [1.165, 1.54) is 0 Å². The van der Waals surface area contributed by atoms with Gasteiger partial charge < -0.3 is 19.7 Å². The molecular formula is C26H24IN3O6. The zero-order valence-corrected chi connectivity index (χ0v) is 22.0. The van der Waals surface area contributed by atoms with Crippen LogP contribution in [0, 0.1) is 0 Å². The number of aromatic nitrogens is 2. The number of phenols is 1. The molecule has 2 N–H and O–H groups in total. The summed E-state index contributed by atoms with van der Waals surface area (Å²) in [5.41, 5.74) is 4.35. The largest absolute Gasteiger partial charge is 0.508 e. The van der Waals surface area contributed by atoms with Crippen LogP contribution < -0.4 is 10.9 Å². The second-order valence-corrected chi connectivity index (χ2v) is 10.9. The number of aromatic hydroxyl groups is 1. The molecule has 0 fully saturated rings. The fraction of sp³-hybridized carbons (Fsp3) is 0.346. The molecule has 2 aliphatic rings. The molecule has 186 valence electrons. The number of pyridine rings is 2. The molecule has 0 saturated carbocycles. The lowest BCUT2D eigenvalue weighted by molar-refractivity contribution is -0.150. The molecule has 1 atom stereocenters. The van der Waals surface area contributed by atoms with Crippen molar-refractivity contribution in [2.75, 3.05) is 6.54 Å². The highest BCUT2D eigenvalue weighted by molar-refractivity contribution is 14.1. The van der Waals surface area contributed by atoms with Crippen molar-refractivity contribution in [1.29, 1.82) is 0 Å². The minimum Gasteiger partial charge on any atom is -0.508 e. The number of nitrogens with one attached hydrogen (secondary N) is 1. The average Bonchev–Trinajstić information content (AvgIpc) is 3.22. The van der Waals surface area contributed by atoms with E-state index in [1.807, 2.05) is 29.5 Å². The molecule has 9 nitrogen and oxygen atoms in total. The Balaban J connectivity index is 1.64. The first-order valence-electron chi connectivity index (χ1n) is 11.7. The Morgan fingerprint density at radius 1 is 1.22 bits per heavy atom. The highest BCUT2D eigenvalue weighted by atomic mass is 127. The molecule has 2 aromatic heterocycles. The van der Waals surface area contributed by atoms with Gasteiger partial charge in [-0.15, -0.1) is 0 Å². The highest BCUT2D eigenvalue weighted by Gasteiger charge is 2.47. The van der Waals surface area contributed by atoms with Gasteiger partial charge in [0.2, 0.25) is 5.91 Å². The van der Waals surface area contributed by atoms with Gasteiger partial charge in [0.15, 0.2) is 9.20 Å². The lowest BCUT2D eigenvalue weighted by atomic mass is 9.88. The van der Waals surface area contributed by atoms with Crippen LogP contribution in [-0.2, 0) is 42.1 Å². The molecular weight excluding hydrogens is 577 g/mol. The van der Waals surface area contributed by atoms with Gasteiger partial charge in [-0.1, -0.05) is 36.4 Å². The summed E-state index contributed by atoms with van der Waals surface area (Å²) in [5.74, 6) is -1.05. The van der Waals surface area contributed by atoms with E-state index < -0.39 is 9.39 Å². The van der Waals surface area contributed by atoms with Gasteiger partial charge >= 0.3 is 5.97 Å². The number of Topliss-reactive ketones (excluding diaryl/α,β-unsaturated/α-hetero) is 1. The number of carbonyl (C=O) groups is 3. The zero-order valence-electron chi connectivity index (χ0n) is 19.8. The van der Waals surface area contributed by atoms with Gasteiger partial charge in [0.25, 0.3) is 5.56 Å². The minimum absolute atomic E-state index is 0.146. The van der Waals surface area contributed by atoms with Crippen molar-refractivity contribution in [3.05, 3.63) is 56.9 Å². The molecule has 0 unspecified atom stereocenters. The van der Waals surface area contributed by atoms with E-state index in [0.29, 0.717) is 41.0 Å². The molecule has 0 bridgehead atoms. The maximum Gasteiger partial charge on any atom is 0.327 e. The van der Waals surface area contributed by atoms with Crippen LogP contribution in [0.25, 0.3) is 22.3 Å². The Kier molecular flexibility index (Phi) is 6.09. The normalized spacial score (nSPS) is 17.8. The van der Waals surface area contributed by atoms with Gasteiger partial charge in [-0.2, -0.15) is 0 Å². The third-order valence-electron chi connectivity index (χ3n) is 6.84. The molecule has 2 aliphatic heterocycles. The van der Waals surface area contributed by atoms with Crippen LogP contribution in [0.4, 0.5) is 0 Å². The number of ether oxygens (including phenoxy) is 1. The van der Waals surface area contributed by atoms with E-state index in [0.717, 1.165) is 16.5 Å². The summed E-state index contributed by atoms with van der Waals surface area (Å²) in [4.78, 5) is 55.7. The fourth-order valence-electron chi connectivity index (χ4n) is 5.02. The number of ketones is 1. The van der Waals surface area contributed by atoms with Crippen molar-refractivity contribution in [3.63, 3.8) is 0 Å². The summed E-state index contributed by atoms with van der Waals surface area (Å²) in [6, 6.07) is 6.78. The lowest BCUT2D eigenvalue weighted by Crippen LogP contribution is -2.43. The summed E-state index contributed by atoms with van der Waals surface area (Å²) in [5, 5.41) is 13.4. The Bertz CT molecular complexity index is 1530. The van der Waals surface area contributed by atoms with E-state index in [-0.39, 0.29) is 49.0 Å². The van der Waals surface area contributed by atoms with Gasteiger partial charge in [-0.3, -0.25) is 19.2 Å². The number of amides is 1.